The van der Waals surface area contributed by atoms with Crippen molar-refractivity contribution >= 4 is 16.4 Å². The van der Waals surface area contributed by atoms with Gasteiger partial charge in [0.05, 0.1) is 0 Å². The maximum atomic E-state index is 11.0. The summed E-state index contributed by atoms with van der Waals surface area (Å²) in [5, 5.41) is 18.9. The predicted molar refractivity (Wildman–Crippen MR) is 64.8 cm³/mol. The van der Waals surface area contributed by atoms with E-state index in [4.69, 9.17) is 9.29 Å². The molecule has 1 aromatic carbocycles. The zero-order valence-corrected chi connectivity index (χ0v) is 11.0. The van der Waals surface area contributed by atoms with Crippen LogP contribution in [0.2, 0.25) is 0 Å². The molecule has 0 amide bonds. The fraction of sp³-hybridized carbons (Fsp3) is 0.364. The van der Waals surface area contributed by atoms with Crippen LogP contribution in [0.5, 0.6) is 17.2 Å². The summed E-state index contributed by atoms with van der Waals surface area (Å²) < 4.78 is 39.0. The molecule has 3 N–H and O–H groups in total. The number of aromatic hydroxyl groups is 2. The monoisotopic (exact) mass is 304 g/mol. The molecule has 1 saturated heterocycles. The Morgan fingerprint density at radius 1 is 1.35 bits per heavy atom. The third kappa shape index (κ3) is 3.52. The molecule has 1 aliphatic rings. The molecule has 0 unspecified atom stereocenters. The molecule has 0 saturated carbocycles. The number of phenolic OH excluding ortho intramolecular Hbond substituents is 2. The molecular weight excluding hydrogens is 292 g/mol. The van der Waals surface area contributed by atoms with Crippen molar-refractivity contribution in [3.8, 4) is 17.2 Å². The minimum absolute atomic E-state index is 0.224. The van der Waals surface area contributed by atoms with E-state index in [2.05, 4.69) is 4.18 Å². The van der Waals surface area contributed by atoms with Crippen molar-refractivity contribution in [1.82, 2.24) is 0 Å². The second-order valence-corrected chi connectivity index (χ2v) is 5.35. The Labute approximate surface area is 114 Å². The first-order valence-corrected chi connectivity index (χ1v) is 7.02. The molecule has 8 nitrogen and oxygen atoms in total. The summed E-state index contributed by atoms with van der Waals surface area (Å²) in [5.41, 5.74) is 0.388. The van der Waals surface area contributed by atoms with Crippen LogP contribution in [0.4, 0.5) is 0 Å². The van der Waals surface area contributed by atoms with Gasteiger partial charge in [-0.15, -0.1) is 0 Å². The van der Waals surface area contributed by atoms with E-state index in [1.54, 1.807) is 0 Å². The van der Waals surface area contributed by atoms with Gasteiger partial charge in [-0.25, -0.2) is 0 Å². The Balaban J connectivity index is 2.24. The molecular formula is C11H12O8S. The van der Waals surface area contributed by atoms with Gasteiger partial charge in [0.1, 0.15) is 6.10 Å². The van der Waals surface area contributed by atoms with Gasteiger partial charge in [0.2, 0.25) is 5.75 Å². The number of hydrogen-bond donors (Lipinski definition) is 3. The van der Waals surface area contributed by atoms with Crippen LogP contribution < -0.4 is 4.18 Å². The Kier molecular flexibility index (Phi) is 3.73. The highest BCUT2D eigenvalue weighted by molar-refractivity contribution is 7.81. The zero-order chi connectivity index (χ0) is 14.9. The highest BCUT2D eigenvalue weighted by Gasteiger charge is 2.25. The van der Waals surface area contributed by atoms with Crippen LogP contribution in [-0.2, 0) is 26.4 Å². The summed E-state index contributed by atoms with van der Waals surface area (Å²) >= 11 is 0. The highest BCUT2D eigenvalue weighted by Crippen LogP contribution is 2.38. The van der Waals surface area contributed by atoms with Crippen LogP contribution in [0.1, 0.15) is 18.4 Å². The van der Waals surface area contributed by atoms with E-state index in [9.17, 15) is 23.4 Å². The van der Waals surface area contributed by atoms with Gasteiger partial charge in [0.25, 0.3) is 0 Å². The number of phenols is 2. The van der Waals surface area contributed by atoms with Crippen molar-refractivity contribution in [3.05, 3.63) is 17.7 Å². The lowest BCUT2D eigenvalue weighted by atomic mass is 10.0. The lowest BCUT2D eigenvalue weighted by Gasteiger charge is -2.12. The topological polar surface area (TPSA) is 130 Å². The van der Waals surface area contributed by atoms with Crippen molar-refractivity contribution in [2.24, 2.45) is 0 Å². The lowest BCUT2D eigenvalue weighted by Crippen LogP contribution is -2.11. The summed E-state index contributed by atoms with van der Waals surface area (Å²) in [6.45, 7) is 0. The fourth-order valence-corrected chi connectivity index (χ4v) is 2.29. The average molecular weight is 304 g/mol. The molecule has 110 valence electrons. The molecule has 1 aromatic rings. The van der Waals surface area contributed by atoms with Crippen molar-refractivity contribution in [3.63, 3.8) is 0 Å². The number of rotatable bonds is 4. The summed E-state index contributed by atoms with van der Waals surface area (Å²) in [6, 6.07) is 2.33. The van der Waals surface area contributed by atoms with Gasteiger partial charge in [-0.3, -0.25) is 9.35 Å². The minimum Gasteiger partial charge on any atom is -0.504 e. The highest BCUT2D eigenvalue weighted by atomic mass is 32.3. The van der Waals surface area contributed by atoms with E-state index in [0.717, 1.165) is 6.07 Å². The first-order chi connectivity index (χ1) is 9.24. The van der Waals surface area contributed by atoms with Crippen LogP contribution in [0.3, 0.4) is 0 Å². The van der Waals surface area contributed by atoms with E-state index in [1.807, 2.05) is 0 Å². The lowest BCUT2D eigenvalue weighted by molar-refractivity contribution is -0.141. The Hall–Kier alpha value is -2.00. The molecule has 1 heterocycles. The summed E-state index contributed by atoms with van der Waals surface area (Å²) in [5.74, 6) is -2.35. The van der Waals surface area contributed by atoms with Crippen molar-refractivity contribution in [2.75, 3.05) is 0 Å². The maximum absolute atomic E-state index is 11.0. The predicted octanol–water partition coefficient (Wildman–Crippen LogP) is 0.528. The average Bonchev–Trinajstić information content (AvgIpc) is 2.69. The van der Waals surface area contributed by atoms with Crippen molar-refractivity contribution in [1.29, 1.82) is 0 Å². The number of esters is 1. The number of hydrogen-bond acceptors (Lipinski definition) is 7. The number of benzene rings is 1. The molecule has 1 fully saturated rings. The molecule has 0 aromatic heterocycles. The van der Waals surface area contributed by atoms with Crippen molar-refractivity contribution in [2.45, 2.75) is 25.4 Å². The standard InChI is InChI=1S/C11H12O8S/c12-8-4-6(3-7-1-2-10(13)18-7)5-9(11(8)14)19-20(15,16)17/h4-5,7,12,14H,1-3H2,(H,15,16,17)/t7-/m1/s1. The van der Waals surface area contributed by atoms with E-state index in [0.29, 0.717) is 18.4 Å². The number of ether oxygens (including phenoxy) is 1. The normalized spacial score (nSPS) is 18.9. The second-order valence-electron chi connectivity index (χ2n) is 4.33. The van der Waals surface area contributed by atoms with E-state index in [1.165, 1.54) is 6.07 Å². The Morgan fingerprint density at radius 3 is 2.60 bits per heavy atom. The molecule has 0 bridgehead atoms. The second kappa shape index (κ2) is 5.17. The number of carbonyl (C=O) groups excluding carboxylic acids is 1. The summed E-state index contributed by atoms with van der Waals surface area (Å²) in [6.07, 6.45) is 0.643. The van der Waals surface area contributed by atoms with Gasteiger partial charge in [-0.05, 0) is 24.1 Å². The Bertz CT molecular complexity index is 636. The molecule has 2 rings (SSSR count). The van der Waals surface area contributed by atoms with Gasteiger partial charge in [-0.2, -0.15) is 8.42 Å². The van der Waals surface area contributed by atoms with Gasteiger partial charge in [0.15, 0.2) is 11.5 Å². The smallest absolute Gasteiger partial charge is 0.446 e. The van der Waals surface area contributed by atoms with Gasteiger partial charge in [-0.1, -0.05) is 0 Å². The molecule has 1 atom stereocenters. The Morgan fingerprint density at radius 2 is 2.05 bits per heavy atom. The first-order valence-electron chi connectivity index (χ1n) is 5.66. The number of carbonyl (C=O) groups is 1. The third-order valence-corrected chi connectivity index (χ3v) is 3.13. The molecule has 1 aliphatic heterocycles. The number of cyclic esters (lactones) is 1. The van der Waals surface area contributed by atoms with Crippen LogP contribution in [0, 0.1) is 0 Å². The molecule has 20 heavy (non-hydrogen) atoms. The van der Waals surface area contributed by atoms with Crippen molar-refractivity contribution < 1.29 is 36.9 Å². The maximum Gasteiger partial charge on any atom is 0.446 e. The molecule has 0 spiro atoms. The fourth-order valence-electron chi connectivity index (χ4n) is 1.93. The first kappa shape index (κ1) is 14.4. The van der Waals surface area contributed by atoms with Crippen LogP contribution >= 0.6 is 0 Å². The third-order valence-electron chi connectivity index (χ3n) is 2.74. The van der Waals surface area contributed by atoms with Crippen LogP contribution in [-0.4, -0.2) is 35.3 Å². The van der Waals surface area contributed by atoms with Gasteiger partial charge < -0.3 is 19.1 Å². The summed E-state index contributed by atoms with van der Waals surface area (Å²) in [7, 11) is -4.83. The van der Waals surface area contributed by atoms with E-state index >= 15 is 0 Å². The minimum atomic E-state index is -4.83. The molecule has 9 heteroatoms. The van der Waals surface area contributed by atoms with Crippen LogP contribution in [0.15, 0.2) is 12.1 Å². The molecule has 0 radical (unpaired) electrons. The summed E-state index contributed by atoms with van der Waals surface area (Å²) in [4.78, 5) is 11.0. The van der Waals surface area contributed by atoms with Gasteiger partial charge in [0, 0.05) is 12.8 Å². The van der Waals surface area contributed by atoms with Crippen LogP contribution in [0.25, 0.3) is 0 Å². The largest absolute Gasteiger partial charge is 0.504 e. The van der Waals surface area contributed by atoms with E-state index < -0.39 is 27.6 Å². The quantitative estimate of drug-likeness (QED) is 0.417. The van der Waals surface area contributed by atoms with E-state index in [-0.39, 0.29) is 18.5 Å². The van der Waals surface area contributed by atoms with Gasteiger partial charge >= 0.3 is 16.4 Å². The SMILES string of the molecule is O=C1CC[C@H](Cc2cc(O)c(O)c(OS(=O)(=O)O)c2)O1. The molecule has 0 aliphatic carbocycles. The zero-order valence-electron chi connectivity index (χ0n) is 10.1.